The summed E-state index contributed by atoms with van der Waals surface area (Å²) < 4.78 is 12.6. The molecule has 1 aromatic rings. The molecule has 0 bridgehead atoms. The second-order valence-electron chi connectivity index (χ2n) is 4.29. The van der Waals surface area contributed by atoms with Gasteiger partial charge in [0.2, 0.25) is 5.95 Å². The molecule has 1 N–H and O–H groups in total. The first-order chi connectivity index (χ1) is 7.24. The Bertz CT molecular complexity index is 314. The van der Waals surface area contributed by atoms with Crippen LogP contribution in [0.15, 0.2) is 12.4 Å². The number of hydrogen-bond acceptors (Lipinski definition) is 3. The molecule has 1 heterocycles. The van der Waals surface area contributed by atoms with Crippen LogP contribution in [-0.4, -0.2) is 16.5 Å². The van der Waals surface area contributed by atoms with Crippen molar-refractivity contribution < 1.29 is 4.39 Å². The number of anilines is 1. The molecule has 1 fully saturated rings. The molecule has 0 aliphatic heterocycles. The number of halogens is 1. The van der Waals surface area contributed by atoms with Crippen LogP contribution in [0.3, 0.4) is 0 Å². The zero-order valence-electron chi connectivity index (χ0n) is 8.96. The summed E-state index contributed by atoms with van der Waals surface area (Å²) in [5, 5.41) is 3.18. The van der Waals surface area contributed by atoms with E-state index in [2.05, 4.69) is 22.2 Å². The number of hydrogen-bond donors (Lipinski definition) is 1. The van der Waals surface area contributed by atoms with Gasteiger partial charge in [0.25, 0.3) is 0 Å². The molecule has 0 saturated heterocycles. The van der Waals surface area contributed by atoms with Gasteiger partial charge in [0, 0.05) is 6.54 Å². The van der Waals surface area contributed by atoms with Crippen LogP contribution in [-0.2, 0) is 0 Å². The summed E-state index contributed by atoms with van der Waals surface area (Å²) in [4.78, 5) is 7.75. The molecule has 15 heavy (non-hydrogen) atoms. The molecule has 1 saturated carbocycles. The maximum atomic E-state index is 12.6. The van der Waals surface area contributed by atoms with Crippen molar-refractivity contribution in [1.82, 2.24) is 9.97 Å². The van der Waals surface area contributed by atoms with E-state index in [-0.39, 0.29) is 0 Å². The molecule has 4 heteroatoms. The van der Waals surface area contributed by atoms with Crippen molar-refractivity contribution in [2.24, 2.45) is 5.41 Å². The third-order valence-corrected chi connectivity index (χ3v) is 3.41. The lowest BCUT2D eigenvalue weighted by molar-refractivity contribution is 0.144. The topological polar surface area (TPSA) is 37.8 Å². The predicted octanol–water partition coefficient (Wildman–Crippen LogP) is 2.61. The molecule has 0 atom stereocenters. The molecule has 0 unspecified atom stereocenters. The van der Waals surface area contributed by atoms with E-state index in [9.17, 15) is 4.39 Å². The van der Waals surface area contributed by atoms with E-state index in [1.807, 2.05) is 0 Å². The quantitative estimate of drug-likeness (QED) is 0.828. The molecule has 1 aromatic heterocycles. The minimum absolute atomic E-state index is 0.394. The van der Waals surface area contributed by atoms with Gasteiger partial charge in [-0.25, -0.2) is 14.4 Å². The van der Waals surface area contributed by atoms with Gasteiger partial charge in [0.05, 0.1) is 12.4 Å². The van der Waals surface area contributed by atoms with E-state index in [0.29, 0.717) is 11.4 Å². The molecule has 2 rings (SSSR count). The average Bonchev–Trinajstić information content (AvgIpc) is 2.20. The highest BCUT2D eigenvalue weighted by atomic mass is 19.1. The lowest BCUT2D eigenvalue weighted by atomic mass is 9.67. The van der Waals surface area contributed by atoms with E-state index in [1.165, 1.54) is 38.1 Å². The lowest BCUT2D eigenvalue weighted by Gasteiger charge is -2.41. The van der Waals surface area contributed by atoms with E-state index < -0.39 is 5.82 Å². The van der Waals surface area contributed by atoms with Gasteiger partial charge in [-0.05, 0) is 24.7 Å². The highest BCUT2D eigenvalue weighted by molar-refractivity contribution is 5.23. The SMILES string of the molecule is CCC1(CNc2ncc(F)cn2)CCC1. The van der Waals surface area contributed by atoms with Crippen molar-refractivity contribution in [3.8, 4) is 0 Å². The Labute approximate surface area is 89.1 Å². The number of nitrogens with zero attached hydrogens (tertiary/aromatic N) is 2. The number of aromatic nitrogens is 2. The van der Waals surface area contributed by atoms with Gasteiger partial charge in [-0.15, -0.1) is 0 Å². The third kappa shape index (κ3) is 2.25. The Morgan fingerprint density at radius 2 is 2.07 bits per heavy atom. The zero-order valence-corrected chi connectivity index (χ0v) is 8.96. The van der Waals surface area contributed by atoms with E-state index >= 15 is 0 Å². The summed E-state index contributed by atoms with van der Waals surface area (Å²) in [6.07, 6.45) is 7.43. The molecule has 0 amide bonds. The van der Waals surface area contributed by atoms with Crippen LogP contribution in [0.2, 0.25) is 0 Å². The van der Waals surface area contributed by atoms with Crippen molar-refractivity contribution in [3.05, 3.63) is 18.2 Å². The Morgan fingerprint density at radius 3 is 2.53 bits per heavy atom. The maximum absolute atomic E-state index is 12.6. The van der Waals surface area contributed by atoms with Gasteiger partial charge in [-0.2, -0.15) is 0 Å². The summed E-state index contributed by atoms with van der Waals surface area (Å²) >= 11 is 0. The standard InChI is InChI=1S/C11H16FN3/c1-2-11(4-3-5-11)8-15-10-13-6-9(12)7-14-10/h6-7H,2-5,8H2,1H3,(H,13,14,15). The van der Waals surface area contributed by atoms with Crippen molar-refractivity contribution in [1.29, 1.82) is 0 Å². The maximum Gasteiger partial charge on any atom is 0.222 e. The third-order valence-electron chi connectivity index (χ3n) is 3.41. The fourth-order valence-electron chi connectivity index (χ4n) is 2.00. The van der Waals surface area contributed by atoms with Gasteiger partial charge >= 0.3 is 0 Å². The smallest absolute Gasteiger partial charge is 0.222 e. The summed E-state index contributed by atoms with van der Waals surface area (Å²) in [7, 11) is 0. The van der Waals surface area contributed by atoms with Crippen LogP contribution in [0.1, 0.15) is 32.6 Å². The second kappa shape index (κ2) is 4.13. The van der Waals surface area contributed by atoms with Gasteiger partial charge in [0.1, 0.15) is 0 Å². The second-order valence-corrected chi connectivity index (χ2v) is 4.29. The Kier molecular flexibility index (Phi) is 2.84. The molecule has 0 radical (unpaired) electrons. The molecular formula is C11H16FN3. The Balaban J connectivity index is 1.90. The van der Waals surface area contributed by atoms with Gasteiger partial charge in [-0.1, -0.05) is 13.3 Å². The minimum atomic E-state index is -0.394. The largest absolute Gasteiger partial charge is 0.354 e. The normalized spacial score (nSPS) is 18.3. The van der Waals surface area contributed by atoms with Crippen LogP contribution in [0, 0.1) is 11.2 Å². The Hall–Kier alpha value is -1.19. The van der Waals surface area contributed by atoms with Crippen LogP contribution in [0.25, 0.3) is 0 Å². The number of nitrogens with one attached hydrogen (secondary N) is 1. The zero-order chi connectivity index (χ0) is 10.7. The fourth-order valence-corrected chi connectivity index (χ4v) is 2.00. The van der Waals surface area contributed by atoms with Gasteiger partial charge in [-0.3, -0.25) is 0 Å². The van der Waals surface area contributed by atoms with Gasteiger partial charge < -0.3 is 5.32 Å². The average molecular weight is 209 g/mol. The van der Waals surface area contributed by atoms with Crippen LogP contribution in [0.4, 0.5) is 10.3 Å². The summed E-state index contributed by atoms with van der Waals surface area (Å²) in [6, 6.07) is 0. The van der Waals surface area contributed by atoms with Crippen molar-refractivity contribution in [3.63, 3.8) is 0 Å². The van der Waals surface area contributed by atoms with Crippen LogP contribution in [0.5, 0.6) is 0 Å². The molecule has 1 aliphatic rings. The molecular weight excluding hydrogens is 193 g/mol. The number of rotatable bonds is 4. The van der Waals surface area contributed by atoms with Crippen LogP contribution < -0.4 is 5.32 Å². The summed E-state index contributed by atoms with van der Waals surface area (Å²) in [5.74, 6) is 0.130. The molecule has 1 aliphatic carbocycles. The molecule has 82 valence electrons. The highest BCUT2D eigenvalue weighted by Crippen LogP contribution is 2.43. The van der Waals surface area contributed by atoms with Crippen LogP contribution >= 0.6 is 0 Å². The van der Waals surface area contributed by atoms with E-state index in [1.54, 1.807) is 0 Å². The first-order valence-corrected chi connectivity index (χ1v) is 5.45. The van der Waals surface area contributed by atoms with E-state index in [4.69, 9.17) is 0 Å². The highest BCUT2D eigenvalue weighted by Gasteiger charge is 2.34. The monoisotopic (exact) mass is 209 g/mol. The molecule has 0 spiro atoms. The fraction of sp³-hybridized carbons (Fsp3) is 0.636. The predicted molar refractivity (Wildman–Crippen MR) is 57.1 cm³/mol. The first-order valence-electron chi connectivity index (χ1n) is 5.45. The van der Waals surface area contributed by atoms with Crippen molar-refractivity contribution in [2.45, 2.75) is 32.6 Å². The summed E-state index contributed by atoms with van der Waals surface area (Å²) in [5.41, 5.74) is 0.428. The molecule has 3 nitrogen and oxygen atoms in total. The summed E-state index contributed by atoms with van der Waals surface area (Å²) in [6.45, 7) is 3.11. The van der Waals surface area contributed by atoms with Gasteiger partial charge in [0.15, 0.2) is 5.82 Å². The van der Waals surface area contributed by atoms with Crippen molar-refractivity contribution >= 4 is 5.95 Å². The molecule has 0 aromatic carbocycles. The van der Waals surface area contributed by atoms with Crippen molar-refractivity contribution in [2.75, 3.05) is 11.9 Å². The Morgan fingerprint density at radius 1 is 1.40 bits per heavy atom. The first kappa shape index (κ1) is 10.3. The lowest BCUT2D eigenvalue weighted by Crippen LogP contribution is -2.36. The minimum Gasteiger partial charge on any atom is -0.354 e. The van der Waals surface area contributed by atoms with E-state index in [0.717, 1.165) is 6.54 Å².